The van der Waals surface area contributed by atoms with Gasteiger partial charge in [-0.3, -0.25) is 0 Å². The largest absolute Gasteiger partial charge is 0.311 e. The van der Waals surface area contributed by atoms with Crippen LogP contribution >= 0.6 is 0 Å². The smallest absolute Gasteiger partial charge is 0.0468 e. The van der Waals surface area contributed by atoms with Gasteiger partial charge >= 0.3 is 0 Å². The Morgan fingerprint density at radius 1 is 0.575 bits per heavy atom. The van der Waals surface area contributed by atoms with Gasteiger partial charge in [0.15, 0.2) is 0 Å². The van der Waals surface area contributed by atoms with Crippen molar-refractivity contribution in [3.05, 3.63) is 170 Å². The average Bonchev–Trinajstić information content (AvgIpc) is 3.03. The maximum Gasteiger partial charge on any atom is 0.0468 e. The molecule has 0 saturated heterocycles. The van der Waals surface area contributed by atoms with Crippen LogP contribution in [0.1, 0.15) is 19.4 Å². The van der Waals surface area contributed by atoms with E-state index in [0.29, 0.717) is 0 Å². The lowest BCUT2D eigenvalue weighted by Crippen LogP contribution is -2.14. The molecule has 0 atom stereocenters. The number of rotatable bonds is 9. The van der Waals surface area contributed by atoms with Gasteiger partial charge in [0.05, 0.1) is 0 Å². The van der Waals surface area contributed by atoms with Crippen LogP contribution < -0.4 is 9.80 Å². The minimum atomic E-state index is 1.09. The normalized spacial score (nSPS) is 11.4. The lowest BCUT2D eigenvalue weighted by Gasteiger charge is -2.27. The van der Waals surface area contributed by atoms with Gasteiger partial charge in [0.2, 0.25) is 0 Å². The van der Waals surface area contributed by atoms with Gasteiger partial charge in [0.25, 0.3) is 0 Å². The van der Waals surface area contributed by atoms with Gasteiger partial charge in [-0.1, -0.05) is 97.6 Å². The Balaban J connectivity index is 1.53. The third kappa shape index (κ3) is 5.67. The van der Waals surface area contributed by atoms with Crippen molar-refractivity contribution < 1.29 is 0 Å². The molecular formula is C38H34N2. The third-order valence-electron chi connectivity index (χ3n) is 6.88. The van der Waals surface area contributed by atoms with Crippen LogP contribution in [0.5, 0.6) is 0 Å². The summed E-state index contributed by atoms with van der Waals surface area (Å²) in [5.41, 5.74) is 10.1. The highest BCUT2D eigenvalue weighted by Gasteiger charge is 2.15. The zero-order valence-electron chi connectivity index (χ0n) is 23.1. The first-order chi connectivity index (χ1) is 19.7. The number of anilines is 5. The summed E-state index contributed by atoms with van der Waals surface area (Å²) in [6.07, 6.45) is 8.30. The zero-order valence-corrected chi connectivity index (χ0v) is 23.1. The molecule has 0 fully saturated rings. The molecule has 196 valence electrons. The molecule has 40 heavy (non-hydrogen) atoms. The van der Waals surface area contributed by atoms with Gasteiger partial charge in [-0.15, -0.1) is 0 Å². The van der Waals surface area contributed by atoms with Gasteiger partial charge in [-0.05, 0) is 97.3 Å². The molecule has 2 heteroatoms. The first kappa shape index (κ1) is 26.5. The zero-order chi connectivity index (χ0) is 27.7. The summed E-state index contributed by atoms with van der Waals surface area (Å²) in [6, 6.07) is 46.8. The van der Waals surface area contributed by atoms with Gasteiger partial charge in [-0.25, -0.2) is 0 Å². The number of hydrogen-bond donors (Lipinski definition) is 0. The second kappa shape index (κ2) is 12.6. The van der Waals surface area contributed by atoms with Crippen molar-refractivity contribution in [1.82, 2.24) is 0 Å². The molecule has 0 aromatic heterocycles. The molecular weight excluding hydrogens is 484 g/mol. The van der Waals surface area contributed by atoms with Crippen LogP contribution in [-0.2, 0) is 0 Å². The molecule has 0 spiro atoms. The van der Waals surface area contributed by atoms with Crippen molar-refractivity contribution in [3.63, 3.8) is 0 Å². The molecule has 0 amide bonds. The molecule has 0 unspecified atom stereocenters. The lowest BCUT2D eigenvalue weighted by atomic mass is 9.98. The maximum absolute atomic E-state index is 4.16. The van der Waals surface area contributed by atoms with Crippen LogP contribution in [0.4, 0.5) is 28.4 Å². The molecule has 0 bridgehead atoms. The van der Waals surface area contributed by atoms with E-state index in [-0.39, 0.29) is 0 Å². The van der Waals surface area contributed by atoms with Crippen LogP contribution in [0.3, 0.4) is 0 Å². The second-order valence-corrected chi connectivity index (χ2v) is 9.41. The van der Waals surface area contributed by atoms with Crippen molar-refractivity contribution >= 4 is 34.5 Å². The van der Waals surface area contributed by atoms with Crippen LogP contribution in [0.25, 0.3) is 17.2 Å². The van der Waals surface area contributed by atoms with E-state index in [1.54, 1.807) is 0 Å². The van der Waals surface area contributed by atoms with Gasteiger partial charge in [0, 0.05) is 34.1 Å². The molecule has 5 rings (SSSR count). The van der Waals surface area contributed by atoms with E-state index in [1.807, 2.05) is 31.2 Å². The van der Waals surface area contributed by atoms with Crippen molar-refractivity contribution in [2.45, 2.75) is 13.8 Å². The predicted molar refractivity (Wildman–Crippen MR) is 174 cm³/mol. The third-order valence-corrected chi connectivity index (χ3v) is 6.88. The van der Waals surface area contributed by atoms with E-state index in [4.69, 9.17) is 0 Å². The maximum atomic E-state index is 4.16. The number of hydrogen-bond acceptors (Lipinski definition) is 2. The fourth-order valence-electron chi connectivity index (χ4n) is 5.01. The highest BCUT2D eigenvalue weighted by Crippen LogP contribution is 2.38. The fraction of sp³-hybridized carbons (Fsp3) is 0.0526. The Labute approximate surface area is 238 Å². The Bertz CT molecular complexity index is 1560. The van der Waals surface area contributed by atoms with E-state index in [9.17, 15) is 0 Å². The molecule has 5 aromatic rings. The molecule has 0 N–H and O–H groups in total. The molecule has 0 aliphatic carbocycles. The number of allylic oxidation sites excluding steroid dienone is 3. The molecule has 0 heterocycles. The van der Waals surface area contributed by atoms with Gasteiger partial charge in [-0.2, -0.15) is 0 Å². The fourth-order valence-corrected chi connectivity index (χ4v) is 5.01. The number of benzene rings is 5. The Morgan fingerprint density at radius 2 is 1.07 bits per heavy atom. The minimum absolute atomic E-state index is 1.09. The average molecular weight is 519 g/mol. The first-order valence-corrected chi connectivity index (χ1v) is 13.6. The first-order valence-electron chi connectivity index (χ1n) is 13.6. The van der Waals surface area contributed by atoms with Gasteiger partial charge in [0.1, 0.15) is 0 Å². The van der Waals surface area contributed by atoms with Crippen LogP contribution in [0.15, 0.2) is 164 Å². The summed E-state index contributed by atoms with van der Waals surface area (Å²) in [5, 5.41) is 0. The van der Waals surface area contributed by atoms with E-state index < -0.39 is 0 Å². The lowest BCUT2D eigenvalue weighted by molar-refractivity contribution is 1.20. The Morgan fingerprint density at radius 3 is 1.57 bits per heavy atom. The van der Waals surface area contributed by atoms with Crippen LogP contribution in [-0.4, -0.2) is 0 Å². The molecule has 0 aliphatic rings. The highest BCUT2D eigenvalue weighted by atomic mass is 15.1. The summed E-state index contributed by atoms with van der Waals surface area (Å²) < 4.78 is 0. The minimum Gasteiger partial charge on any atom is -0.311 e. The molecule has 5 aromatic carbocycles. The number of para-hydroxylation sites is 3. The van der Waals surface area contributed by atoms with E-state index in [0.717, 1.165) is 50.8 Å². The molecule has 2 nitrogen and oxygen atoms in total. The molecule has 0 saturated carbocycles. The van der Waals surface area contributed by atoms with E-state index in [2.05, 4.69) is 157 Å². The van der Waals surface area contributed by atoms with E-state index in [1.165, 1.54) is 0 Å². The standard InChI is InChI=1S/C38H34N2/c1-4-16-32(6-3)39(33-17-10-7-11-18-33)36-25-23-31(24-26-36)38-28-27-37(29-30(38)5-2)40(34-19-12-8-13-20-34)35-21-14-9-15-22-35/h4-29H,2H2,1,3H3/b16-4-,32-6+. The summed E-state index contributed by atoms with van der Waals surface area (Å²) in [7, 11) is 0. The van der Waals surface area contributed by atoms with Crippen LogP contribution in [0.2, 0.25) is 0 Å². The summed E-state index contributed by atoms with van der Waals surface area (Å²) in [4.78, 5) is 4.55. The predicted octanol–water partition coefficient (Wildman–Crippen LogP) is 11.1. The summed E-state index contributed by atoms with van der Waals surface area (Å²) >= 11 is 0. The number of nitrogens with zero attached hydrogens (tertiary/aromatic N) is 2. The quantitative estimate of drug-likeness (QED) is 0.179. The monoisotopic (exact) mass is 518 g/mol. The SMILES string of the molecule is C=Cc1cc(N(c2ccccc2)c2ccccc2)ccc1-c1ccc(N(C(/C=C\C)=C/C)c2ccccc2)cc1. The summed E-state index contributed by atoms with van der Waals surface area (Å²) in [6.45, 7) is 8.29. The molecule has 0 radical (unpaired) electrons. The van der Waals surface area contributed by atoms with E-state index >= 15 is 0 Å². The summed E-state index contributed by atoms with van der Waals surface area (Å²) in [5.74, 6) is 0. The van der Waals surface area contributed by atoms with Crippen molar-refractivity contribution in [2.75, 3.05) is 9.80 Å². The second-order valence-electron chi connectivity index (χ2n) is 9.41. The van der Waals surface area contributed by atoms with Crippen molar-refractivity contribution in [3.8, 4) is 11.1 Å². The highest BCUT2D eigenvalue weighted by molar-refractivity contribution is 5.84. The van der Waals surface area contributed by atoms with Gasteiger partial charge < -0.3 is 9.80 Å². The van der Waals surface area contributed by atoms with Crippen LogP contribution in [0, 0.1) is 0 Å². The molecule has 0 aliphatic heterocycles. The van der Waals surface area contributed by atoms with Crippen molar-refractivity contribution in [2.24, 2.45) is 0 Å². The Hall–Kier alpha value is -5.08. The topological polar surface area (TPSA) is 6.48 Å². The van der Waals surface area contributed by atoms with Crippen molar-refractivity contribution in [1.29, 1.82) is 0 Å². The Kier molecular flexibility index (Phi) is 8.38.